The van der Waals surface area contributed by atoms with Crippen LogP contribution in [0.1, 0.15) is 24.1 Å². The molecule has 0 radical (unpaired) electrons. The maximum atomic E-state index is 13.6. The first-order valence-corrected chi connectivity index (χ1v) is 11.1. The smallest absolute Gasteiger partial charge is 0.322 e. The molecule has 3 aromatic rings. The zero-order chi connectivity index (χ0) is 24.9. The van der Waals surface area contributed by atoms with Crippen molar-refractivity contribution in [2.45, 2.75) is 38.1 Å². The van der Waals surface area contributed by atoms with Gasteiger partial charge in [-0.2, -0.15) is 5.10 Å². The molecule has 2 aromatic carbocycles. The number of nitrogens with one attached hydrogen (secondary N) is 1. The number of benzene rings is 2. The van der Waals surface area contributed by atoms with E-state index in [1.807, 2.05) is 30.3 Å². The van der Waals surface area contributed by atoms with E-state index >= 15 is 0 Å². The van der Waals surface area contributed by atoms with E-state index in [0.29, 0.717) is 30.1 Å². The molecule has 1 saturated heterocycles. The van der Waals surface area contributed by atoms with Crippen molar-refractivity contribution in [2.24, 2.45) is 0 Å². The molecule has 0 aliphatic carbocycles. The average Bonchev–Trinajstić information content (AvgIpc) is 3.37. The normalized spacial score (nSPS) is 21.9. The van der Waals surface area contributed by atoms with Crippen LogP contribution in [0.2, 0.25) is 0 Å². The molecule has 11 heteroatoms. The second-order valence-corrected chi connectivity index (χ2v) is 8.73. The fourth-order valence-corrected chi connectivity index (χ4v) is 4.63. The first-order chi connectivity index (χ1) is 16.7. The van der Waals surface area contributed by atoms with Crippen molar-refractivity contribution in [3.8, 4) is 0 Å². The number of fused-ring (bicyclic) bond motifs is 1. The topological polar surface area (TPSA) is 90.7 Å². The highest BCUT2D eigenvalue weighted by atomic mass is 19.2. The molecule has 0 spiro atoms. The van der Waals surface area contributed by atoms with Gasteiger partial charge in [0.15, 0.2) is 17.5 Å². The molecule has 1 fully saturated rings. The van der Waals surface area contributed by atoms with Crippen LogP contribution in [-0.2, 0) is 17.9 Å². The Morgan fingerprint density at radius 3 is 2.49 bits per heavy atom. The number of urea groups is 1. The summed E-state index contributed by atoms with van der Waals surface area (Å²) in [7, 11) is 0. The number of halogens is 3. The van der Waals surface area contributed by atoms with Crippen LogP contribution < -0.4 is 10.2 Å². The highest BCUT2D eigenvalue weighted by Gasteiger charge is 2.43. The minimum Gasteiger partial charge on any atom is -0.383 e. The summed E-state index contributed by atoms with van der Waals surface area (Å²) in [5.41, 5.74) is 1.69. The van der Waals surface area contributed by atoms with Crippen LogP contribution in [-0.4, -0.2) is 50.4 Å². The molecule has 8 nitrogen and oxygen atoms in total. The van der Waals surface area contributed by atoms with Crippen LogP contribution in [0.4, 0.5) is 29.3 Å². The number of anilines is 2. The number of aliphatic hydroxyl groups excluding tert-OH is 1. The van der Waals surface area contributed by atoms with Crippen molar-refractivity contribution >= 4 is 23.3 Å². The van der Waals surface area contributed by atoms with Crippen molar-refractivity contribution < 1.29 is 27.9 Å². The molecule has 1 aromatic heterocycles. The Morgan fingerprint density at radius 2 is 1.80 bits per heavy atom. The number of hydrogen-bond donors (Lipinski definition) is 2. The predicted molar refractivity (Wildman–Crippen MR) is 120 cm³/mol. The summed E-state index contributed by atoms with van der Waals surface area (Å²) in [4.78, 5) is 28.8. The van der Waals surface area contributed by atoms with Crippen LogP contribution in [0.15, 0.2) is 48.7 Å². The molecular weight excluding hydrogens is 463 g/mol. The summed E-state index contributed by atoms with van der Waals surface area (Å²) in [5, 5.41) is 17.4. The third-order valence-corrected chi connectivity index (χ3v) is 6.51. The number of carbonyl (C=O) groups excluding carboxylic acids is 2. The van der Waals surface area contributed by atoms with Gasteiger partial charge in [-0.3, -0.25) is 9.48 Å². The van der Waals surface area contributed by atoms with Gasteiger partial charge < -0.3 is 20.2 Å². The van der Waals surface area contributed by atoms with E-state index < -0.39 is 41.4 Å². The Balaban J connectivity index is 1.38. The van der Waals surface area contributed by atoms with Crippen LogP contribution >= 0.6 is 0 Å². The molecule has 3 amide bonds. The van der Waals surface area contributed by atoms with Gasteiger partial charge in [-0.1, -0.05) is 30.3 Å². The minimum absolute atomic E-state index is 0.0599. The molecule has 0 saturated carbocycles. The lowest BCUT2D eigenvalue weighted by molar-refractivity contribution is -0.124. The lowest BCUT2D eigenvalue weighted by atomic mass is 9.96. The minimum atomic E-state index is -1.62. The lowest BCUT2D eigenvalue weighted by Gasteiger charge is -2.35. The van der Waals surface area contributed by atoms with Gasteiger partial charge >= 0.3 is 6.03 Å². The highest BCUT2D eigenvalue weighted by Crippen LogP contribution is 2.35. The van der Waals surface area contributed by atoms with Crippen molar-refractivity contribution in [3.05, 3.63) is 77.4 Å². The van der Waals surface area contributed by atoms with E-state index in [1.54, 1.807) is 11.6 Å². The summed E-state index contributed by atoms with van der Waals surface area (Å²) in [6.45, 7) is 2.41. The standard InChI is InChI=1S/C24H22F3N5O3/c1-13-10-32-20(12-30(13)24(35)29-15-7-17(25)21(27)18(26)8-15)19(9-28-32)31-11-16(22(33)23(31)34)14-5-3-2-4-6-14/h2-9,13,16,22,33H,10-12H2,1H3,(H,29,35)/t13-,16?,22?/m0/s1. The summed E-state index contributed by atoms with van der Waals surface area (Å²) >= 11 is 0. The van der Waals surface area contributed by atoms with E-state index in [-0.39, 0.29) is 24.8 Å². The summed E-state index contributed by atoms with van der Waals surface area (Å²) in [6, 6.07) is 9.68. The van der Waals surface area contributed by atoms with Crippen molar-refractivity contribution in [2.75, 3.05) is 16.8 Å². The van der Waals surface area contributed by atoms with Gasteiger partial charge in [-0.25, -0.2) is 18.0 Å². The van der Waals surface area contributed by atoms with Gasteiger partial charge in [-0.05, 0) is 12.5 Å². The van der Waals surface area contributed by atoms with Gasteiger partial charge in [0.1, 0.15) is 6.10 Å². The average molecular weight is 485 g/mol. The van der Waals surface area contributed by atoms with E-state index in [9.17, 15) is 27.9 Å². The molecule has 2 N–H and O–H groups in total. The Labute approximate surface area is 198 Å². The number of aliphatic hydroxyl groups is 1. The third-order valence-electron chi connectivity index (χ3n) is 6.51. The third kappa shape index (κ3) is 4.01. The lowest BCUT2D eigenvalue weighted by Crippen LogP contribution is -2.47. The van der Waals surface area contributed by atoms with Gasteiger partial charge in [0, 0.05) is 30.3 Å². The van der Waals surface area contributed by atoms with Crippen molar-refractivity contribution in [1.29, 1.82) is 0 Å². The Hall–Kier alpha value is -3.86. The predicted octanol–water partition coefficient (Wildman–Crippen LogP) is 3.23. The fraction of sp³-hybridized carbons (Fsp3) is 0.292. The number of nitrogens with zero attached hydrogens (tertiary/aromatic N) is 4. The molecule has 5 rings (SSSR count). The second-order valence-electron chi connectivity index (χ2n) is 8.73. The number of amides is 3. The maximum absolute atomic E-state index is 13.6. The van der Waals surface area contributed by atoms with Gasteiger partial charge in [-0.15, -0.1) is 0 Å². The Morgan fingerprint density at radius 1 is 1.11 bits per heavy atom. The molecule has 182 valence electrons. The molecular formula is C24H22F3N5O3. The molecule has 0 bridgehead atoms. The zero-order valence-corrected chi connectivity index (χ0v) is 18.7. The maximum Gasteiger partial charge on any atom is 0.322 e. The van der Waals surface area contributed by atoms with Crippen LogP contribution in [0.3, 0.4) is 0 Å². The largest absolute Gasteiger partial charge is 0.383 e. The van der Waals surface area contributed by atoms with Crippen molar-refractivity contribution in [1.82, 2.24) is 14.7 Å². The van der Waals surface area contributed by atoms with Crippen LogP contribution in [0.25, 0.3) is 0 Å². The SMILES string of the molecule is C[C@H]1Cn2ncc(N3CC(c4ccccc4)C(O)C3=O)c2CN1C(=O)Nc1cc(F)c(F)c(F)c1. The summed E-state index contributed by atoms with van der Waals surface area (Å²) in [6.07, 6.45) is 0.324. The number of aromatic nitrogens is 2. The van der Waals surface area contributed by atoms with Crippen molar-refractivity contribution in [3.63, 3.8) is 0 Å². The molecule has 2 aliphatic rings. The van der Waals surface area contributed by atoms with Gasteiger partial charge in [0.2, 0.25) is 0 Å². The molecule has 3 heterocycles. The summed E-state index contributed by atoms with van der Waals surface area (Å²) in [5.74, 6) is -5.31. The molecule has 2 aliphatic heterocycles. The quantitative estimate of drug-likeness (QED) is 0.558. The highest BCUT2D eigenvalue weighted by molar-refractivity contribution is 6.00. The molecule has 35 heavy (non-hydrogen) atoms. The monoisotopic (exact) mass is 485 g/mol. The first-order valence-electron chi connectivity index (χ1n) is 11.1. The summed E-state index contributed by atoms with van der Waals surface area (Å²) < 4.78 is 42.1. The Kier molecular flexibility index (Phi) is 5.72. The first kappa shape index (κ1) is 22.9. The van der Waals surface area contributed by atoms with Crippen LogP contribution in [0.5, 0.6) is 0 Å². The molecule has 2 unspecified atom stereocenters. The molecule has 3 atom stereocenters. The van der Waals surface area contributed by atoms with E-state index in [0.717, 1.165) is 5.56 Å². The van der Waals surface area contributed by atoms with E-state index in [1.165, 1.54) is 16.0 Å². The van der Waals surface area contributed by atoms with Gasteiger partial charge in [0.05, 0.1) is 36.7 Å². The Bertz CT molecular complexity index is 1280. The van der Waals surface area contributed by atoms with E-state index in [4.69, 9.17) is 0 Å². The number of rotatable bonds is 3. The number of carbonyl (C=O) groups is 2. The van der Waals surface area contributed by atoms with Crippen LogP contribution in [0, 0.1) is 17.5 Å². The van der Waals surface area contributed by atoms with E-state index in [2.05, 4.69) is 10.4 Å². The zero-order valence-electron chi connectivity index (χ0n) is 18.7. The fourth-order valence-electron chi connectivity index (χ4n) is 4.63. The van der Waals surface area contributed by atoms with Gasteiger partial charge in [0.25, 0.3) is 5.91 Å². The number of hydrogen-bond acceptors (Lipinski definition) is 4. The second kappa shape index (κ2) is 8.73.